The molecule has 1 aliphatic rings. The molecule has 0 aromatic rings. The molecule has 1 fully saturated rings. The summed E-state index contributed by atoms with van der Waals surface area (Å²) < 4.78 is 0. The van der Waals surface area contributed by atoms with Gasteiger partial charge in [-0.05, 0) is 6.42 Å². The van der Waals surface area contributed by atoms with Crippen molar-refractivity contribution in [3.05, 3.63) is 0 Å². The minimum Gasteiger partial charge on any atom is -0.331 e. The maximum absolute atomic E-state index is 11.3. The van der Waals surface area contributed by atoms with Crippen LogP contribution < -0.4 is 5.73 Å². The van der Waals surface area contributed by atoms with Crippen LogP contribution in [0.2, 0.25) is 0 Å². The number of carbonyl (C=O) groups is 1. The van der Waals surface area contributed by atoms with E-state index in [1.165, 1.54) is 0 Å². The van der Waals surface area contributed by atoms with Crippen molar-refractivity contribution in [2.75, 3.05) is 27.2 Å². The molecule has 1 heterocycles. The van der Waals surface area contributed by atoms with Crippen molar-refractivity contribution in [3.8, 4) is 0 Å². The van der Waals surface area contributed by atoms with E-state index in [1.807, 2.05) is 0 Å². The molecule has 0 unspecified atom stereocenters. The molecule has 4 nitrogen and oxygen atoms in total. The van der Waals surface area contributed by atoms with Gasteiger partial charge in [0.2, 0.25) is 0 Å². The van der Waals surface area contributed by atoms with Gasteiger partial charge in [-0.3, -0.25) is 0 Å². The summed E-state index contributed by atoms with van der Waals surface area (Å²) in [5, 5.41) is 0. The monoisotopic (exact) mass is 193 g/mol. The third-order valence-electron chi connectivity index (χ3n) is 1.88. The normalized spacial score (nSPS) is 21.9. The highest BCUT2D eigenvalue weighted by Gasteiger charge is 2.24. The maximum Gasteiger partial charge on any atom is 0.319 e. The van der Waals surface area contributed by atoms with Crippen LogP contribution in [0.25, 0.3) is 0 Å². The Kier molecular flexibility index (Phi) is 4.34. The molecule has 0 aromatic carbocycles. The lowest BCUT2D eigenvalue weighted by Crippen LogP contribution is -2.38. The second-order valence-corrected chi connectivity index (χ2v) is 3.17. The molecule has 0 bridgehead atoms. The number of halogens is 1. The summed E-state index contributed by atoms with van der Waals surface area (Å²) in [5.74, 6) is 0. The molecule has 5 heteroatoms. The number of hydrogen-bond acceptors (Lipinski definition) is 2. The molecule has 0 saturated carbocycles. The number of likely N-dealkylation sites (tertiary alicyclic amines) is 1. The lowest BCUT2D eigenvalue weighted by molar-refractivity contribution is 0.181. The number of amides is 2. The fourth-order valence-corrected chi connectivity index (χ4v) is 1.24. The number of urea groups is 1. The van der Waals surface area contributed by atoms with Crippen LogP contribution in [0.4, 0.5) is 4.79 Å². The first kappa shape index (κ1) is 11.5. The molecular weight excluding hydrogens is 178 g/mol. The van der Waals surface area contributed by atoms with Crippen molar-refractivity contribution >= 4 is 18.4 Å². The fourth-order valence-electron chi connectivity index (χ4n) is 1.24. The standard InChI is InChI=1S/C7H15N3O.ClH/c1-9(2)7(11)10-4-3-6(8)5-10;/h6H,3-5,8H2,1-2H3;1H/t6-;/m0./s1. The second kappa shape index (κ2) is 4.52. The third-order valence-corrected chi connectivity index (χ3v) is 1.88. The molecule has 1 saturated heterocycles. The van der Waals surface area contributed by atoms with Gasteiger partial charge in [-0.2, -0.15) is 0 Å². The van der Waals surface area contributed by atoms with E-state index in [4.69, 9.17) is 5.73 Å². The Bertz CT molecular complexity index is 163. The first-order valence-corrected chi connectivity index (χ1v) is 3.83. The predicted octanol–water partition coefficient (Wildman–Crippen LogP) is 0.123. The summed E-state index contributed by atoms with van der Waals surface area (Å²) in [6, 6.07) is 0.247. The zero-order chi connectivity index (χ0) is 8.43. The SMILES string of the molecule is CN(C)C(=O)N1CC[C@H](N)C1.Cl. The molecule has 1 rings (SSSR count). The average Bonchev–Trinajstić information content (AvgIpc) is 2.34. The number of nitrogens with zero attached hydrogens (tertiary/aromatic N) is 2. The summed E-state index contributed by atoms with van der Waals surface area (Å²) in [6.45, 7) is 1.51. The molecule has 0 aromatic heterocycles. The average molecular weight is 194 g/mol. The van der Waals surface area contributed by atoms with Crippen LogP contribution in [-0.4, -0.2) is 49.1 Å². The highest BCUT2D eigenvalue weighted by Crippen LogP contribution is 2.07. The summed E-state index contributed by atoms with van der Waals surface area (Å²) in [7, 11) is 3.51. The van der Waals surface area contributed by atoms with Gasteiger partial charge in [0.15, 0.2) is 0 Å². The summed E-state index contributed by atoms with van der Waals surface area (Å²) in [6.07, 6.45) is 0.930. The van der Waals surface area contributed by atoms with Gasteiger partial charge in [-0.1, -0.05) is 0 Å². The topological polar surface area (TPSA) is 49.6 Å². The molecule has 1 atom stereocenters. The van der Waals surface area contributed by atoms with Crippen LogP contribution in [-0.2, 0) is 0 Å². The van der Waals surface area contributed by atoms with Crippen molar-refractivity contribution in [1.29, 1.82) is 0 Å². The van der Waals surface area contributed by atoms with E-state index >= 15 is 0 Å². The van der Waals surface area contributed by atoms with Gasteiger partial charge in [-0.15, -0.1) is 12.4 Å². The minimum absolute atomic E-state index is 0. The fraction of sp³-hybridized carbons (Fsp3) is 0.857. The van der Waals surface area contributed by atoms with E-state index in [0.29, 0.717) is 6.54 Å². The Balaban J connectivity index is 0.00000121. The van der Waals surface area contributed by atoms with E-state index in [-0.39, 0.29) is 24.5 Å². The number of rotatable bonds is 0. The summed E-state index contributed by atoms with van der Waals surface area (Å²) in [4.78, 5) is 14.7. The van der Waals surface area contributed by atoms with Crippen molar-refractivity contribution in [2.24, 2.45) is 5.73 Å². The Morgan fingerprint density at radius 2 is 2.17 bits per heavy atom. The van der Waals surface area contributed by atoms with Gasteiger partial charge in [0.1, 0.15) is 0 Å². The highest BCUT2D eigenvalue weighted by molar-refractivity contribution is 5.85. The van der Waals surface area contributed by atoms with E-state index in [0.717, 1.165) is 13.0 Å². The van der Waals surface area contributed by atoms with Gasteiger partial charge >= 0.3 is 6.03 Å². The molecule has 2 N–H and O–H groups in total. The van der Waals surface area contributed by atoms with Crippen LogP contribution in [0.3, 0.4) is 0 Å². The minimum atomic E-state index is 0. The zero-order valence-electron chi connectivity index (χ0n) is 7.49. The van der Waals surface area contributed by atoms with Gasteiger partial charge in [-0.25, -0.2) is 4.79 Å². The molecular formula is C7H16ClN3O. The largest absolute Gasteiger partial charge is 0.331 e. The van der Waals surface area contributed by atoms with Crippen molar-refractivity contribution in [3.63, 3.8) is 0 Å². The van der Waals surface area contributed by atoms with E-state index in [1.54, 1.807) is 23.9 Å². The van der Waals surface area contributed by atoms with Crippen molar-refractivity contribution in [1.82, 2.24) is 9.80 Å². The van der Waals surface area contributed by atoms with Gasteiger partial charge in [0.25, 0.3) is 0 Å². The lowest BCUT2D eigenvalue weighted by Gasteiger charge is -2.20. The Morgan fingerprint density at radius 3 is 2.50 bits per heavy atom. The van der Waals surface area contributed by atoms with Gasteiger partial charge in [0, 0.05) is 33.2 Å². The molecule has 2 amide bonds. The van der Waals surface area contributed by atoms with E-state index in [2.05, 4.69) is 0 Å². The Hall–Kier alpha value is -0.480. The Labute approximate surface area is 79.1 Å². The molecule has 0 radical (unpaired) electrons. The molecule has 72 valence electrons. The maximum atomic E-state index is 11.3. The first-order valence-electron chi connectivity index (χ1n) is 3.83. The smallest absolute Gasteiger partial charge is 0.319 e. The van der Waals surface area contributed by atoms with Crippen LogP contribution in [0.5, 0.6) is 0 Å². The van der Waals surface area contributed by atoms with Crippen LogP contribution in [0, 0.1) is 0 Å². The van der Waals surface area contributed by atoms with Gasteiger partial charge in [0.05, 0.1) is 0 Å². The molecule has 12 heavy (non-hydrogen) atoms. The van der Waals surface area contributed by atoms with Crippen molar-refractivity contribution in [2.45, 2.75) is 12.5 Å². The van der Waals surface area contributed by atoms with Crippen molar-refractivity contribution < 1.29 is 4.79 Å². The number of hydrogen-bond donors (Lipinski definition) is 1. The summed E-state index contributed by atoms with van der Waals surface area (Å²) >= 11 is 0. The van der Waals surface area contributed by atoms with Gasteiger partial charge < -0.3 is 15.5 Å². The zero-order valence-corrected chi connectivity index (χ0v) is 8.30. The van der Waals surface area contributed by atoms with E-state index in [9.17, 15) is 4.79 Å². The van der Waals surface area contributed by atoms with Crippen LogP contribution in [0.15, 0.2) is 0 Å². The first-order chi connectivity index (χ1) is 5.11. The van der Waals surface area contributed by atoms with Crippen LogP contribution in [0.1, 0.15) is 6.42 Å². The van der Waals surface area contributed by atoms with E-state index < -0.39 is 0 Å². The highest BCUT2D eigenvalue weighted by atomic mass is 35.5. The third kappa shape index (κ3) is 2.53. The van der Waals surface area contributed by atoms with Crippen LogP contribution >= 0.6 is 12.4 Å². The lowest BCUT2D eigenvalue weighted by atomic mass is 10.3. The predicted molar refractivity (Wildman–Crippen MR) is 50.5 cm³/mol. The molecule has 0 aliphatic carbocycles. The second-order valence-electron chi connectivity index (χ2n) is 3.17. The number of nitrogens with two attached hydrogens (primary N) is 1. The number of carbonyl (C=O) groups excluding carboxylic acids is 1. The quantitative estimate of drug-likeness (QED) is 0.595. The molecule has 0 spiro atoms. The summed E-state index contributed by atoms with van der Waals surface area (Å²) in [5.41, 5.74) is 5.65. The molecule has 1 aliphatic heterocycles. The Morgan fingerprint density at radius 1 is 1.58 bits per heavy atom.